The molecule has 0 aliphatic rings. The topological polar surface area (TPSA) is 50.4 Å². The zero-order valence-corrected chi connectivity index (χ0v) is 10.9. The lowest BCUT2D eigenvalue weighted by Gasteiger charge is -2.20. The Kier molecular flexibility index (Phi) is 4.64. The predicted molar refractivity (Wildman–Crippen MR) is 69.4 cm³/mol. The minimum Gasteiger partial charge on any atom is -0.370 e. The van der Waals surface area contributed by atoms with E-state index in [1.165, 1.54) is 6.07 Å². The van der Waals surface area contributed by atoms with E-state index in [2.05, 4.69) is 10.3 Å². The zero-order valence-electron chi connectivity index (χ0n) is 10.9. The van der Waals surface area contributed by atoms with Gasteiger partial charge in [-0.3, -0.25) is 4.99 Å². The van der Waals surface area contributed by atoms with E-state index in [-0.39, 0.29) is 5.54 Å². The van der Waals surface area contributed by atoms with Crippen LogP contribution in [0.3, 0.4) is 0 Å². The van der Waals surface area contributed by atoms with Crippen LogP contribution in [0.25, 0.3) is 0 Å². The van der Waals surface area contributed by atoms with E-state index in [1.807, 2.05) is 20.8 Å². The van der Waals surface area contributed by atoms with Crippen LogP contribution in [0.5, 0.6) is 0 Å². The summed E-state index contributed by atoms with van der Waals surface area (Å²) in [5.41, 5.74) is 5.80. The highest BCUT2D eigenvalue weighted by Gasteiger charge is 2.09. The average Bonchev–Trinajstić information content (AvgIpc) is 2.20. The van der Waals surface area contributed by atoms with E-state index in [9.17, 15) is 8.78 Å². The van der Waals surface area contributed by atoms with Crippen LogP contribution in [0, 0.1) is 11.6 Å². The van der Waals surface area contributed by atoms with Crippen LogP contribution in [-0.4, -0.2) is 18.0 Å². The van der Waals surface area contributed by atoms with E-state index in [4.69, 9.17) is 5.73 Å². The van der Waals surface area contributed by atoms with Gasteiger partial charge in [0.25, 0.3) is 0 Å². The van der Waals surface area contributed by atoms with Crippen LogP contribution in [0.1, 0.15) is 26.3 Å². The maximum Gasteiger partial charge on any atom is 0.188 e. The van der Waals surface area contributed by atoms with Gasteiger partial charge in [0.2, 0.25) is 0 Å². The van der Waals surface area contributed by atoms with E-state index in [1.54, 1.807) is 0 Å². The molecule has 18 heavy (non-hydrogen) atoms. The third-order valence-corrected chi connectivity index (χ3v) is 2.17. The Labute approximate surface area is 106 Å². The molecule has 3 nitrogen and oxygen atoms in total. The van der Waals surface area contributed by atoms with Crippen molar-refractivity contribution in [3.05, 3.63) is 35.4 Å². The number of benzene rings is 1. The van der Waals surface area contributed by atoms with Gasteiger partial charge in [0, 0.05) is 12.1 Å². The normalized spacial score (nSPS) is 12.6. The minimum absolute atomic E-state index is 0.169. The summed E-state index contributed by atoms with van der Waals surface area (Å²) < 4.78 is 26.2. The molecule has 0 saturated heterocycles. The molecule has 3 N–H and O–H groups in total. The summed E-state index contributed by atoms with van der Waals surface area (Å²) in [7, 11) is 0. The van der Waals surface area contributed by atoms with Crippen molar-refractivity contribution in [3.8, 4) is 0 Å². The number of halogens is 2. The zero-order chi connectivity index (χ0) is 13.8. The number of rotatable bonds is 3. The van der Waals surface area contributed by atoms with Crippen molar-refractivity contribution < 1.29 is 8.78 Å². The van der Waals surface area contributed by atoms with Crippen LogP contribution in [-0.2, 0) is 6.42 Å². The summed E-state index contributed by atoms with van der Waals surface area (Å²) in [4.78, 5) is 4.07. The second-order valence-electron chi connectivity index (χ2n) is 5.13. The monoisotopic (exact) mass is 255 g/mol. The van der Waals surface area contributed by atoms with Gasteiger partial charge in [0.1, 0.15) is 11.6 Å². The van der Waals surface area contributed by atoms with Crippen molar-refractivity contribution in [2.24, 2.45) is 10.7 Å². The molecule has 1 rings (SSSR count). The highest BCUT2D eigenvalue weighted by atomic mass is 19.1. The van der Waals surface area contributed by atoms with Gasteiger partial charge in [-0.15, -0.1) is 0 Å². The highest BCUT2D eigenvalue weighted by molar-refractivity contribution is 5.78. The Morgan fingerprint density at radius 2 is 2.00 bits per heavy atom. The molecule has 0 bridgehead atoms. The summed E-state index contributed by atoms with van der Waals surface area (Å²) in [5.74, 6) is -0.565. The lowest BCUT2D eigenvalue weighted by Crippen LogP contribution is -2.45. The number of hydrogen-bond donors (Lipinski definition) is 2. The molecule has 5 heteroatoms. The third-order valence-electron chi connectivity index (χ3n) is 2.17. The third kappa shape index (κ3) is 5.12. The highest BCUT2D eigenvalue weighted by Crippen LogP contribution is 2.10. The fourth-order valence-electron chi connectivity index (χ4n) is 1.46. The molecule has 1 aromatic carbocycles. The van der Waals surface area contributed by atoms with Gasteiger partial charge in [-0.1, -0.05) is 0 Å². The van der Waals surface area contributed by atoms with E-state index >= 15 is 0 Å². The van der Waals surface area contributed by atoms with Crippen LogP contribution < -0.4 is 11.1 Å². The van der Waals surface area contributed by atoms with E-state index < -0.39 is 11.6 Å². The molecule has 0 heterocycles. The maximum absolute atomic E-state index is 13.3. The summed E-state index contributed by atoms with van der Waals surface area (Å²) in [6.45, 7) is 6.19. The number of guanidine groups is 1. The van der Waals surface area contributed by atoms with Crippen molar-refractivity contribution in [2.75, 3.05) is 6.54 Å². The summed E-state index contributed by atoms with van der Waals surface area (Å²) in [5, 5.41) is 2.99. The lowest BCUT2D eigenvalue weighted by atomic mass is 10.1. The molecule has 100 valence electrons. The van der Waals surface area contributed by atoms with E-state index in [0.717, 1.165) is 12.1 Å². The van der Waals surface area contributed by atoms with Crippen molar-refractivity contribution in [2.45, 2.75) is 32.7 Å². The van der Waals surface area contributed by atoms with Crippen LogP contribution in [0.4, 0.5) is 8.78 Å². The number of nitrogens with two attached hydrogens (primary N) is 1. The van der Waals surface area contributed by atoms with Gasteiger partial charge in [0.15, 0.2) is 5.96 Å². The molecular weight excluding hydrogens is 236 g/mol. The van der Waals surface area contributed by atoms with Gasteiger partial charge >= 0.3 is 0 Å². The van der Waals surface area contributed by atoms with Gasteiger partial charge in [-0.05, 0) is 51.0 Å². The quantitative estimate of drug-likeness (QED) is 0.642. The number of nitrogens with zero attached hydrogens (tertiary/aromatic N) is 1. The van der Waals surface area contributed by atoms with Crippen LogP contribution >= 0.6 is 0 Å². The SMILES string of the molecule is CC(C)(C)NC(N)=NCCc1cc(F)ccc1F. The van der Waals surface area contributed by atoms with Crippen LogP contribution in [0.15, 0.2) is 23.2 Å². The average molecular weight is 255 g/mol. The summed E-state index contributed by atoms with van der Waals surface area (Å²) >= 11 is 0. The second-order valence-corrected chi connectivity index (χ2v) is 5.13. The first kappa shape index (κ1) is 14.4. The molecule has 0 aromatic heterocycles. The molecule has 0 spiro atoms. The molecule has 0 amide bonds. The smallest absolute Gasteiger partial charge is 0.188 e. The van der Waals surface area contributed by atoms with Gasteiger partial charge in [-0.25, -0.2) is 8.78 Å². The Balaban J connectivity index is 2.55. The Morgan fingerprint density at radius 1 is 1.33 bits per heavy atom. The Bertz CT molecular complexity index is 436. The molecule has 0 aliphatic carbocycles. The minimum atomic E-state index is -0.448. The number of nitrogens with one attached hydrogen (secondary N) is 1. The molecule has 0 atom stereocenters. The molecule has 1 aromatic rings. The largest absolute Gasteiger partial charge is 0.370 e. The maximum atomic E-state index is 13.3. The number of hydrogen-bond acceptors (Lipinski definition) is 1. The van der Waals surface area contributed by atoms with Crippen molar-refractivity contribution in [1.29, 1.82) is 0 Å². The predicted octanol–water partition coefficient (Wildman–Crippen LogP) is 2.21. The van der Waals surface area contributed by atoms with Crippen molar-refractivity contribution in [3.63, 3.8) is 0 Å². The van der Waals surface area contributed by atoms with Gasteiger partial charge < -0.3 is 11.1 Å². The molecule has 0 radical (unpaired) electrons. The first-order chi connectivity index (χ1) is 8.28. The van der Waals surface area contributed by atoms with Gasteiger partial charge in [-0.2, -0.15) is 0 Å². The lowest BCUT2D eigenvalue weighted by molar-refractivity contribution is 0.508. The number of aliphatic imine (C=N–C) groups is 1. The summed E-state index contributed by atoms with van der Waals surface area (Å²) in [6, 6.07) is 3.39. The molecule has 0 fully saturated rings. The van der Waals surface area contributed by atoms with E-state index in [0.29, 0.717) is 24.5 Å². The molecule has 0 aliphatic heterocycles. The Hall–Kier alpha value is -1.65. The van der Waals surface area contributed by atoms with Gasteiger partial charge in [0.05, 0.1) is 0 Å². The van der Waals surface area contributed by atoms with Crippen LogP contribution in [0.2, 0.25) is 0 Å². The molecular formula is C13H19F2N3. The summed E-state index contributed by atoms with van der Waals surface area (Å²) in [6.07, 6.45) is 0.316. The second kappa shape index (κ2) is 5.80. The fourth-order valence-corrected chi connectivity index (χ4v) is 1.46. The molecule has 0 unspecified atom stereocenters. The molecule has 0 saturated carbocycles. The fraction of sp³-hybridized carbons (Fsp3) is 0.462. The standard InChI is InChI=1S/C13H19F2N3/c1-13(2,3)18-12(16)17-7-6-9-8-10(14)4-5-11(9)15/h4-5,8H,6-7H2,1-3H3,(H3,16,17,18). The first-order valence-electron chi connectivity index (χ1n) is 5.80. The Morgan fingerprint density at radius 3 is 2.61 bits per heavy atom. The van der Waals surface area contributed by atoms with Crippen molar-refractivity contribution in [1.82, 2.24) is 5.32 Å². The first-order valence-corrected chi connectivity index (χ1v) is 5.80. The van der Waals surface area contributed by atoms with Crippen molar-refractivity contribution >= 4 is 5.96 Å².